The second-order valence-corrected chi connectivity index (χ2v) is 7.01. The van der Waals surface area contributed by atoms with Crippen molar-refractivity contribution in [1.29, 1.82) is 0 Å². The van der Waals surface area contributed by atoms with Crippen LogP contribution in [0.4, 0.5) is 4.39 Å². The minimum Gasteiger partial charge on any atom is -0.370 e. The van der Waals surface area contributed by atoms with E-state index in [1.807, 2.05) is 4.90 Å². The first-order chi connectivity index (χ1) is 11.6. The van der Waals surface area contributed by atoms with Crippen LogP contribution in [0.3, 0.4) is 0 Å². The summed E-state index contributed by atoms with van der Waals surface area (Å²) < 4.78 is 19.1. The summed E-state index contributed by atoms with van der Waals surface area (Å²) in [4.78, 5) is 14.4. The van der Waals surface area contributed by atoms with E-state index in [4.69, 9.17) is 16.3 Å². The van der Waals surface area contributed by atoms with Crippen LogP contribution in [0.1, 0.15) is 37.4 Å². The summed E-state index contributed by atoms with van der Waals surface area (Å²) in [5.41, 5.74) is 0.817. The Balaban J connectivity index is 1.54. The quantitative estimate of drug-likeness (QED) is 0.903. The predicted molar refractivity (Wildman–Crippen MR) is 91.5 cm³/mol. The lowest BCUT2D eigenvalue weighted by molar-refractivity contribution is -0.139. The molecule has 0 aliphatic carbocycles. The van der Waals surface area contributed by atoms with E-state index >= 15 is 0 Å². The highest BCUT2D eigenvalue weighted by Gasteiger charge is 2.26. The van der Waals surface area contributed by atoms with Gasteiger partial charge >= 0.3 is 0 Å². The molecule has 1 amide bonds. The van der Waals surface area contributed by atoms with Crippen molar-refractivity contribution >= 4 is 17.5 Å². The van der Waals surface area contributed by atoms with Crippen molar-refractivity contribution in [2.75, 3.05) is 32.8 Å². The molecule has 6 heteroatoms. The Kier molecular flexibility index (Phi) is 6.09. The first-order valence-electron chi connectivity index (χ1n) is 8.68. The molecule has 0 radical (unpaired) electrons. The number of nitrogens with one attached hydrogen (secondary N) is 1. The number of nitrogens with zero attached hydrogens (tertiary/aromatic N) is 1. The second kappa shape index (κ2) is 8.28. The van der Waals surface area contributed by atoms with E-state index in [2.05, 4.69) is 5.32 Å². The van der Waals surface area contributed by atoms with Crippen LogP contribution in [0.25, 0.3) is 0 Å². The van der Waals surface area contributed by atoms with Gasteiger partial charge < -0.3 is 15.0 Å². The molecule has 1 unspecified atom stereocenters. The number of hydrogen-bond acceptors (Lipinski definition) is 3. The first-order valence-corrected chi connectivity index (χ1v) is 9.06. The van der Waals surface area contributed by atoms with Crippen LogP contribution in [-0.4, -0.2) is 43.6 Å². The molecule has 24 heavy (non-hydrogen) atoms. The summed E-state index contributed by atoms with van der Waals surface area (Å²) in [5, 5.41) is 3.44. The minimum atomic E-state index is -0.439. The molecule has 4 nitrogen and oxygen atoms in total. The maximum atomic E-state index is 13.3. The Morgan fingerprint density at radius 3 is 2.92 bits per heavy atom. The predicted octanol–water partition coefficient (Wildman–Crippen LogP) is 3.16. The second-order valence-electron chi connectivity index (χ2n) is 6.60. The molecule has 0 saturated carbocycles. The molecule has 3 rings (SSSR count). The van der Waals surface area contributed by atoms with Gasteiger partial charge in [-0.15, -0.1) is 0 Å². The van der Waals surface area contributed by atoms with Crippen LogP contribution >= 0.6 is 11.6 Å². The molecule has 132 valence electrons. The van der Waals surface area contributed by atoms with Crippen molar-refractivity contribution in [2.24, 2.45) is 5.92 Å². The van der Waals surface area contributed by atoms with Gasteiger partial charge in [0.05, 0.1) is 18.2 Å². The van der Waals surface area contributed by atoms with Crippen LogP contribution < -0.4 is 5.32 Å². The van der Waals surface area contributed by atoms with Crippen molar-refractivity contribution in [1.82, 2.24) is 10.2 Å². The Morgan fingerprint density at radius 2 is 2.17 bits per heavy atom. The van der Waals surface area contributed by atoms with Crippen LogP contribution in [0, 0.1) is 11.7 Å². The summed E-state index contributed by atoms with van der Waals surface area (Å²) in [5.74, 6) is 0.407. The third kappa shape index (κ3) is 4.47. The highest BCUT2D eigenvalue weighted by Crippen LogP contribution is 2.27. The molecule has 1 aromatic carbocycles. The van der Waals surface area contributed by atoms with Gasteiger partial charge in [-0.3, -0.25) is 4.79 Å². The SMILES string of the molecule is O=C(CCC1CCNCC1)N1CCOC(c2ccc(F)c(Cl)c2)C1. The fourth-order valence-corrected chi connectivity index (χ4v) is 3.64. The number of morpholine rings is 1. The van der Waals surface area contributed by atoms with Gasteiger partial charge in [0.15, 0.2) is 0 Å². The van der Waals surface area contributed by atoms with Gasteiger partial charge in [0.2, 0.25) is 5.91 Å². The Morgan fingerprint density at radius 1 is 1.38 bits per heavy atom. The lowest BCUT2D eigenvalue weighted by Gasteiger charge is -2.34. The number of carbonyl (C=O) groups is 1. The molecule has 1 atom stereocenters. The summed E-state index contributed by atoms with van der Waals surface area (Å²) in [7, 11) is 0. The number of hydrogen-bond donors (Lipinski definition) is 1. The van der Waals surface area contributed by atoms with Gasteiger partial charge in [0, 0.05) is 13.0 Å². The van der Waals surface area contributed by atoms with Gasteiger partial charge in [0.25, 0.3) is 0 Å². The highest BCUT2D eigenvalue weighted by molar-refractivity contribution is 6.30. The van der Waals surface area contributed by atoms with E-state index < -0.39 is 5.82 Å². The van der Waals surface area contributed by atoms with Crippen molar-refractivity contribution < 1.29 is 13.9 Å². The van der Waals surface area contributed by atoms with Gasteiger partial charge in [-0.05, 0) is 56.0 Å². The molecule has 2 aliphatic heterocycles. The van der Waals surface area contributed by atoms with Crippen molar-refractivity contribution in [3.05, 3.63) is 34.6 Å². The zero-order valence-electron chi connectivity index (χ0n) is 13.8. The molecule has 1 N–H and O–H groups in total. The number of ether oxygens (including phenoxy) is 1. The van der Waals surface area contributed by atoms with E-state index in [0.717, 1.165) is 37.9 Å². The fraction of sp³-hybridized carbons (Fsp3) is 0.611. The van der Waals surface area contributed by atoms with Crippen LogP contribution in [0.15, 0.2) is 18.2 Å². The van der Waals surface area contributed by atoms with Crippen LogP contribution in [-0.2, 0) is 9.53 Å². The monoisotopic (exact) mass is 354 g/mol. The lowest BCUT2D eigenvalue weighted by Crippen LogP contribution is -2.42. The zero-order chi connectivity index (χ0) is 16.9. The number of piperidine rings is 1. The average Bonchev–Trinajstić information content (AvgIpc) is 2.63. The zero-order valence-corrected chi connectivity index (χ0v) is 14.5. The van der Waals surface area contributed by atoms with E-state index in [1.54, 1.807) is 12.1 Å². The Bertz CT molecular complexity index is 578. The largest absolute Gasteiger partial charge is 0.370 e. The Labute approximate surface area is 147 Å². The summed E-state index contributed by atoms with van der Waals surface area (Å²) >= 11 is 5.85. The molecule has 1 aromatic rings. The number of benzene rings is 1. The minimum absolute atomic E-state index is 0.0884. The molecule has 2 heterocycles. The van der Waals surface area contributed by atoms with E-state index in [0.29, 0.717) is 32.0 Å². The summed E-state index contributed by atoms with van der Waals surface area (Å²) in [6.45, 7) is 3.75. The molecule has 0 aromatic heterocycles. The van der Waals surface area contributed by atoms with Crippen LogP contribution in [0.5, 0.6) is 0 Å². The number of carbonyl (C=O) groups excluding carboxylic acids is 1. The molecular formula is C18H24ClFN2O2. The normalized spacial score (nSPS) is 22.6. The van der Waals surface area contributed by atoms with Gasteiger partial charge in [-0.2, -0.15) is 0 Å². The van der Waals surface area contributed by atoms with Crippen molar-refractivity contribution in [3.8, 4) is 0 Å². The molecule has 2 saturated heterocycles. The topological polar surface area (TPSA) is 41.6 Å². The maximum absolute atomic E-state index is 13.3. The molecule has 2 fully saturated rings. The maximum Gasteiger partial charge on any atom is 0.222 e. The number of amides is 1. The molecule has 0 spiro atoms. The highest BCUT2D eigenvalue weighted by atomic mass is 35.5. The van der Waals surface area contributed by atoms with Crippen LogP contribution in [0.2, 0.25) is 5.02 Å². The van der Waals surface area contributed by atoms with Gasteiger partial charge in [-0.1, -0.05) is 17.7 Å². The Hall–Kier alpha value is -1.17. The molecule has 0 bridgehead atoms. The lowest BCUT2D eigenvalue weighted by atomic mass is 9.93. The number of rotatable bonds is 4. The van der Waals surface area contributed by atoms with Gasteiger partial charge in [0.1, 0.15) is 11.9 Å². The number of halogens is 2. The summed E-state index contributed by atoms with van der Waals surface area (Å²) in [6.07, 6.45) is 3.65. The third-order valence-corrected chi connectivity index (χ3v) is 5.25. The van der Waals surface area contributed by atoms with Gasteiger partial charge in [-0.25, -0.2) is 4.39 Å². The fourth-order valence-electron chi connectivity index (χ4n) is 3.45. The smallest absolute Gasteiger partial charge is 0.222 e. The molecular weight excluding hydrogens is 331 g/mol. The van der Waals surface area contributed by atoms with E-state index in [1.165, 1.54) is 6.07 Å². The van der Waals surface area contributed by atoms with Crippen molar-refractivity contribution in [3.63, 3.8) is 0 Å². The first kappa shape index (κ1) is 17.6. The van der Waals surface area contributed by atoms with E-state index in [9.17, 15) is 9.18 Å². The van der Waals surface area contributed by atoms with E-state index in [-0.39, 0.29) is 17.0 Å². The third-order valence-electron chi connectivity index (χ3n) is 4.96. The summed E-state index contributed by atoms with van der Waals surface area (Å²) in [6, 6.07) is 4.61. The standard InChI is InChI=1S/C18H24ClFN2O2/c19-15-11-14(2-3-16(15)20)17-12-22(9-10-24-17)18(23)4-1-13-5-7-21-8-6-13/h2-3,11,13,17,21H,1,4-10,12H2. The van der Waals surface area contributed by atoms with Crippen molar-refractivity contribution in [2.45, 2.75) is 31.8 Å². The average molecular weight is 355 g/mol. The molecule has 2 aliphatic rings.